The number of nitrogens with one attached hydrogen (secondary N) is 1. The van der Waals surface area contributed by atoms with E-state index >= 15 is 0 Å². The molecule has 0 unspecified atom stereocenters. The van der Waals surface area contributed by atoms with Gasteiger partial charge in [0.25, 0.3) is 0 Å². The summed E-state index contributed by atoms with van der Waals surface area (Å²) < 4.78 is 0. The highest BCUT2D eigenvalue weighted by atomic mass is 15.3. The van der Waals surface area contributed by atoms with Gasteiger partial charge < -0.3 is 9.88 Å². The Hall–Kier alpha value is -1.65. The summed E-state index contributed by atoms with van der Waals surface area (Å²) in [6, 6.07) is 0.588. The second-order valence-electron chi connectivity index (χ2n) is 7.64. The van der Waals surface area contributed by atoms with Gasteiger partial charge in [-0.1, -0.05) is 20.8 Å². The molecule has 5 heteroatoms. The summed E-state index contributed by atoms with van der Waals surface area (Å²) in [6.07, 6.45) is 7.15. The quantitative estimate of drug-likeness (QED) is 0.866. The van der Waals surface area contributed by atoms with Crippen LogP contribution in [-0.4, -0.2) is 32.5 Å². The summed E-state index contributed by atoms with van der Waals surface area (Å²) >= 11 is 0. The first-order valence-corrected chi connectivity index (χ1v) is 7.37. The van der Waals surface area contributed by atoms with Gasteiger partial charge in [0.05, 0.1) is 6.33 Å². The van der Waals surface area contributed by atoms with E-state index in [1.165, 1.54) is 19.3 Å². The van der Waals surface area contributed by atoms with Gasteiger partial charge in [-0.3, -0.25) is 0 Å². The standard InChI is InChI=1S/C15H21N5/c1-14(2)4-10-5-15(3,6-14)7-20(10)13-11-12(17-8-16-11)18-9-19-13/h8-10H,4-7H2,1-3H3,(H,16,17,18,19)/t10-,15+/m1/s1. The Morgan fingerprint density at radius 3 is 2.90 bits per heavy atom. The third kappa shape index (κ3) is 1.72. The number of H-pyrrole nitrogens is 1. The van der Waals surface area contributed by atoms with E-state index in [0.29, 0.717) is 16.9 Å². The fourth-order valence-corrected chi connectivity index (χ4v) is 4.68. The van der Waals surface area contributed by atoms with Gasteiger partial charge in [-0.05, 0) is 30.1 Å². The highest BCUT2D eigenvalue weighted by Gasteiger charge is 2.50. The maximum atomic E-state index is 4.54. The van der Waals surface area contributed by atoms with Crippen molar-refractivity contribution in [2.75, 3.05) is 11.4 Å². The van der Waals surface area contributed by atoms with E-state index in [1.54, 1.807) is 12.7 Å². The molecule has 2 bridgehead atoms. The number of hydrogen-bond donors (Lipinski definition) is 1. The van der Waals surface area contributed by atoms with E-state index in [1.807, 2.05) is 0 Å². The Balaban J connectivity index is 1.79. The van der Waals surface area contributed by atoms with Crippen LogP contribution in [-0.2, 0) is 0 Å². The minimum absolute atomic E-state index is 0.406. The van der Waals surface area contributed by atoms with Gasteiger partial charge in [-0.25, -0.2) is 15.0 Å². The van der Waals surface area contributed by atoms with E-state index in [4.69, 9.17) is 0 Å². The molecule has 5 nitrogen and oxygen atoms in total. The Morgan fingerprint density at radius 2 is 2.05 bits per heavy atom. The van der Waals surface area contributed by atoms with Crippen molar-refractivity contribution in [1.82, 2.24) is 19.9 Å². The molecule has 3 heterocycles. The highest BCUT2D eigenvalue weighted by molar-refractivity contribution is 5.83. The van der Waals surface area contributed by atoms with Crippen molar-refractivity contribution in [2.24, 2.45) is 10.8 Å². The highest BCUT2D eigenvalue weighted by Crippen LogP contribution is 2.53. The first kappa shape index (κ1) is 12.1. The maximum absolute atomic E-state index is 4.54. The molecule has 1 N–H and O–H groups in total. The number of hydrogen-bond acceptors (Lipinski definition) is 4. The summed E-state index contributed by atoms with van der Waals surface area (Å²) in [5.74, 6) is 1.03. The number of imidazole rings is 1. The molecule has 1 saturated heterocycles. The van der Waals surface area contributed by atoms with Crippen LogP contribution in [0.15, 0.2) is 12.7 Å². The van der Waals surface area contributed by atoms with Crippen molar-refractivity contribution in [3.63, 3.8) is 0 Å². The normalized spacial score (nSPS) is 31.9. The SMILES string of the molecule is CC1(C)C[C@@H]2C[C@](C)(CN2c2ncnc3nc[nH]c23)C1. The van der Waals surface area contributed by atoms with Gasteiger partial charge in [0.15, 0.2) is 11.5 Å². The summed E-state index contributed by atoms with van der Waals surface area (Å²) in [5.41, 5.74) is 2.57. The molecular weight excluding hydrogens is 250 g/mol. The van der Waals surface area contributed by atoms with Crippen LogP contribution in [0.3, 0.4) is 0 Å². The van der Waals surface area contributed by atoms with Crippen molar-refractivity contribution in [3.05, 3.63) is 12.7 Å². The first-order chi connectivity index (χ1) is 9.46. The van der Waals surface area contributed by atoms with E-state index in [9.17, 15) is 0 Å². The van der Waals surface area contributed by atoms with Crippen LogP contribution in [0.2, 0.25) is 0 Å². The fourth-order valence-electron chi connectivity index (χ4n) is 4.68. The first-order valence-electron chi connectivity index (χ1n) is 7.37. The van der Waals surface area contributed by atoms with E-state index in [-0.39, 0.29) is 0 Å². The minimum Gasteiger partial charge on any atom is -0.351 e. The molecule has 2 atom stereocenters. The lowest BCUT2D eigenvalue weighted by Gasteiger charge is -2.39. The largest absolute Gasteiger partial charge is 0.351 e. The molecule has 2 fully saturated rings. The van der Waals surface area contributed by atoms with Crippen LogP contribution in [0.4, 0.5) is 5.82 Å². The average molecular weight is 271 g/mol. The smallest absolute Gasteiger partial charge is 0.182 e. The van der Waals surface area contributed by atoms with Crippen LogP contribution in [0, 0.1) is 10.8 Å². The zero-order chi connectivity index (χ0) is 14.0. The second kappa shape index (κ2) is 3.71. The lowest BCUT2D eigenvalue weighted by molar-refractivity contribution is 0.136. The van der Waals surface area contributed by atoms with Crippen LogP contribution in [0.1, 0.15) is 40.0 Å². The van der Waals surface area contributed by atoms with E-state index in [2.05, 4.69) is 45.6 Å². The van der Waals surface area contributed by atoms with Gasteiger partial charge in [-0.15, -0.1) is 0 Å². The predicted molar refractivity (Wildman–Crippen MR) is 78.6 cm³/mol. The van der Waals surface area contributed by atoms with Gasteiger partial charge in [0, 0.05) is 12.6 Å². The van der Waals surface area contributed by atoms with Crippen molar-refractivity contribution >= 4 is 17.0 Å². The molecule has 0 radical (unpaired) electrons. The molecule has 1 aliphatic carbocycles. The summed E-state index contributed by atoms with van der Waals surface area (Å²) in [7, 11) is 0. The molecule has 0 amide bonds. The molecule has 1 aliphatic heterocycles. The Kier molecular flexibility index (Phi) is 2.25. The zero-order valence-corrected chi connectivity index (χ0v) is 12.3. The second-order valence-corrected chi connectivity index (χ2v) is 7.64. The van der Waals surface area contributed by atoms with Crippen LogP contribution < -0.4 is 4.90 Å². The Morgan fingerprint density at radius 1 is 1.20 bits per heavy atom. The van der Waals surface area contributed by atoms with Crippen LogP contribution in [0.5, 0.6) is 0 Å². The molecule has 4 rings (SSSR count). The number of aromatic nitrogens is 4. The lowest BCUT2D eigenvalue weighted by Crippen LogP contribution is -2.35. The molecule has 1 saturated carbocycles. The van der Waals surface area contributed by atoms with Crippen LogP contribution in [0.25, 0.3) is 11.2 Å². The molecular formula is C15H21N5. The minimum atomic E-state index is 0.406. The van der Waals surface area contributed by atoms with Crippen LogP contribution >= 0.6 is 0 Å². The van der Waals surface area contributed by atoms with Crippen molar-refractivity contribution in [2.45, 2.75) is 46.1 Å². The van der Waals surface area contributed by atoms with Gasteiger partial charge in [0.2, 0.25) is 0 Å². The van der Waals surface area contributed by atoms with Crippen molar-refractivity contribution in [3.8, 4) is 0 Å². The molecule has 2 aromatic rings. The summed E-state index contributed by atoms with van der Waals surface area (Å²) in [5, 5.41) is 0. The molecule has 0 spiro atoms. The number of nitrogens with zero attached hydrogens (tertiary/aromatic N) is 4. The Bertz CT molecular complexity index is 661. The van der Waals surface area contributed by atoms with E-state index in [0.717, 1.165) is 23.5 Å². The van der Waals surface area contributed by atoms with Crippen molar-refractivity contribution in [1.29, 1.82) is 0 Å². The lowest BCUT2D eigenvalue weighted by atomic mass is 9.65. The molecule has 106 valence electrons. The number of rotatable bonds is 1. The molecule has 0 aromatic carbocycles. The van der Waals surface area contributed by atoms with E-state index < -0.39 is 0 Å². The summed E-state index contributed by atoms with van der Waals surface area (Å²) in [4.78, 5) is 18.7. The monoisotopic (exact) mass is 271 g/mol. The number of anilines is 1. The van der Waals surface area contributed by atoms with Crippen molar-refractivity contribution < 1.29 is 0 Å². The average Bonchev–Trinajstić information content (AvgIpc) is 2.89. The number of fused-ring (bicyclic) bond motifs is 3. The maximum Gasteiger partial charge on any atom is 0.182 e. The topological polar surface area (TPSA) is 57.7 Å². The Labute approximate surface area is 118 Å². The third-order valence-corrected chi connectivity index (χ3v) is 4.89. The molecule has 2 aliphatic rings. The van der Waals surface area contributed by atoms with Gasteiger partial charge in [-0.2, -0.15) is 0 Å². The fraction of sp³-hybridized carbons (Fsp3) is 0.667. The number of aromatic amines is 1. The third-order valence-electron chi connectivity index (χ3n) is 4.89. The summed E-state index contributed by atoms with van der Waals surface area (Å²) in [6.45, 7) is 8.30. The van der Waals surface area contributed by atoms with Gasteiger partial charge in [0.1, 0.15) is 11.8 Å². The van der Waals surface area contributed by atoms with Gasteiger partial charge >= 0.3 is 0 Å². The molecule has 20 heavy (non-hydrogen) atoms. The molecule has 2 aromatic heterocycles. The predicted octanol–water partition coefficient (Wildman–Crippen LogP) is 2.76. The zero-order valence-electron chi connectivity index (χ0n) is 12.3.